The van der Waals surface area contributed by atoms with Gasteiger partial charge >= 0.3 is 5.97 Å². The van der Waals surface area contributed by atoms with E-state index in [9.17, 15) is 4.79 Å². The highest BCUT2D eigenvalue weighted by atomic mass is 35.5. The van der Waals surface area contributed by atoms with E-state index < -0.39 is 5.97 Å². The molecule has 1 aliphatic rings. The first-order valence-corrected chi connectivity index (χ1v) is 5.91. The number of hydrogen-bond donors (Lipinski definition) is 2. The van der Waals surface area contributed by atoms with Crippen LogP contribution < -0.4 is 5.43 Å². The molecule has 1 aromatic rings. The second-order valence-corrected chi connectivity index (χ2v) is 4.52. The average Bonchev–Trinajstić information content (AvgIpc) is 2.34. The van der Waals surface area contributed by atoms with Crippen molar-refractivity contribution in [2.45, 2.75) is 0 Å². The van der Waals surface area contributed by atoms with E-state index in [1.54, 1.807) is 41.6 Å². The Morgan fingerprint density at radius 1 is 1.33 bits per heavy atom. The molecular formula is C12H10Cl2N2O2. The van der Waals surface area contributed by atoms with Crippen LogP contribution in [0.15, 0.2) is 42.1 Å². The van der Waals surface area contributed by atoms with Crippen LogP contribution in [-0.2, 0) is 4.79 Å². The number of halogens is 2. The maximum absolute atomic E-state index is 10.9. The number of rotatable bonds is 3. The van der Waals surface area contributed by atoms with Crippen molar-refractivity contribution >= 4 is 34.9 Å². The Bertz CT molecular complexity index is 541. The molecule has 0 bridgehead atoms. The number of benzene rings is 1. The molecule has 2 rings (SSSR count). The Morgan fingerprint density at radius 3 is 2.78 bits per heavy atom. The summed E-state index contributed by atoms with van der Waals surface area (Å²) in [6.45, 7) is 0.270. The fraction of sp³-hybridized carbons (Fsp3) is 0.0833. The lowest BCUT2D eigenvalue weighted by molar-refractivity contribution is -0.132. The van der Waals surface area contributed by atoms with Crippen molar-refractivity contribution < 1.29 is 9.90 Å². The summed E-state index contributed by atoms with van der Waals surface area (Å²) < 4.78 is 0. The highest BCUT2D eigenvalue weighted by molar-refractivity contribution is 6.42. The van der Waals surface area contributed by atoms with Crippen molar-refractivity contribution in [1.82, 2.24) is 5.01 Å². The van der Waals surface area contributed by atoms with Crippen LogP contribution in [0, 0.1) is 0 Å². The smallest absolute Gasteiger partial charge is 0.333 e. The maximum atomic E-state index is 10.9. The molecule has 6 heteroatoms. The minimum absolute atomic E-state index is 0.270. The molecule has 0 aliphatic carbocycles. The summed E-state index contributed by atoms with van der Waals surface area (Å²) in [4.78, 5) is 10.9. The normalized spacial score (nSPS) is 14.3. The Balaban J connectivity index is 2.07. The number of carboxylic acid groups (broad SMARTS) is 1. The summed E-state index contributed by atoms with van der Waals surface area (Å²) in [5.41, 5.74) is 4.08. The van der Waals surface area contributed by atoms with E-state index in [1.165, 1.54) is 0 Å². The third-order valence-corrected chi connectivity index (χ3v) is 3.11. The molecule has 4 nitrogen and oxygen atoms in total. The van der Waals surface area contributed by atoms with Crippen LogP contribution in [0.5, 0.6) is 0 Å². The molecule has 1 aromatic carbocycles. The number of anilines is 1. The molecular weight excluding hydrogens is 275 g/mol. The number of nitrogens with zero attached hydrogens (tertiary/aromatic N) is 1. The van der Waals surface area contributed by atoms with Gasteiger partial charge in [0.15, 0.2) is 0 Å². The predicted molar refractivity (Wildman–Crippen MR) is 71.6 cm³/mol. The lowest BCUT2D eigenvalue weighted by Crippen LogP contribution is -2.30. The lowest BCUT2D eigenvalue weighted by atomic mass is 10.2. The van der Waals surface area contributed by atoms with Crippen molar-refractivity contribution in [3.8, 4) is 0 Å². The first-order chi connectivity index (χ1) is 8.56. The molecule has 1 aliphatic heterocycles. The van der Waals surface area contributed by atoms with E-state index >= 15 is 0 Å². The number of aliphatic carboxylic acids is 1. The molecule has 0 unspecified atom stereocenters. The van der Waals surface area contributed by atoms with Gasteiger partial charge in [0.1, 0.15) is 0 Å². The third kappa shape index (κ3) is 2.97. The Morgan fingerprint density at radius 2 is 2.11 bits per heavy atom. The number of carbonyl (C=O) groups is 1. The van der Waals surface area contributed by atoms with Gasteiger partial charge in [0, 0.05) is 6.20 Å². The van der Waals surface area contributed by atoms with E-state index in [2.05, 4.69) is 5.43 Å². The summed E-state index contributed by atoms with van der Waals surface area (Å²) in [6, 6.07) is 5.12. The van der Waals surface area contributed by atoms with Gasteiger partial charge in [0.2, 0.25) is 0 Å². The van der Waals surface area contributed by atoms with Gasteiger partial charge in [-0.05, 0) is 30.4 Å². The Kier molecular flexibility index (Phi) is 3.79. The lowest BCUT2D eigenvalue weighted by Gasteiger charge is -2.25. The van der Waals surface area contributed by atoms with Crippen molar-refractivity contribution in [2.75, 3.05) is 12.0 Å². The highest BCUT2D eigenvalue weighted by Gasteiger charge is 2.13. The van der Waals surface area contributed by atoms with Gasteiger partial charge in [0.05, 0.1) is 27.9 Å². The van der Waals surface area contributed by atoms with Crippen LogP contribution in [-0.4, -0.2) is 22.6 Å². The molecule has 1 heterocycles. The van der Waals surface area contributed by atoms with Crippen molar-refractivity contribution in [3.05, 3.63) is 52.2 Å². The molecule has 0 radical (unpaired) electrons. The topological polar surface area (TPSA) is 52.6 Å². The van der Waals surface area contributed by atoms with Gasteiger partial charge in [-0.15, -0.1) is 0 Å². The van der Waals surface area contributed by atoms with Gasteiger partial charge in [-0.1, -0.05) is 23.2 Å². The van der Waals surface area contributed by atoms with Crippen LogP contribution in [0.4, 0.5) is 5.69 Å². The summed E-state index contributed by atoms with van der Waals surface area (Å²) in [5, 5.41) is 11.5. The zero-order valence-electron chi connectivity index (χ0n) is 9.23. The summed E-state index contributed by atoms with van der Waals surface area (Å²) in [7, 11) is 0. The molecule has 18 heavy (non-hydrogen) atoms. The summed E-state index contributed by atoms with van der Waals surface area (Å²) in [5.74, 6) is -0.930. The quantitative estimate of drug-likeness (QED) is 0.895. The predicted octanol–water partition coefficient (Wildman–Crippen LogP) is 3.16. The van der Waals surface area contributed by atoms with Gasteiger partial charge in [-0.3, -0.25) is 10.4 Å². The fourth-order valence-electron chi connectivity index (χ4n) is 1.50. The van der Waals surface area contributed by atoms with Crippen molar-refractivity contribution in [3.63, 3.8) is 0 Å². The van der Waals surface area contributed by atoms with Crippen LogP contribution in [0.25, 0.3) is 0 Å². The standard InChI is InChI=1S/C12H10Cl2N2O2/c13-10-4-3-9(6-11(10)14)15-16-5-1-2-8(7-16)12(17)18/h1-6,15H,7H2,(H,17,18). The third-order valence-electron chi connectivity index (χ3n) is 2.37. The Hall–Kier alpha value is -1.65. The fourth-order valence-corrected chi connectivity index (χ4v) is 1.80. The van der Waals surface area contributed by atoms with Gasteiger partial charge < -0.3 is 5.11 Å². The molecule has 0 aromatic heterocycles. The van der Waals surface area contributed by atoms with E-state index in [0.29, 0.717) is 15.6 Å². The molecule has 0 amide bonds. The van der Waals surface area contributed by atoms with Crippen molar-refractivity contribution in [1.29, 1.82) is 0 Å². The molecule has 0 saturated carbocycles. The Labute approximate surface area is 114 Å². The van der Waals surface area contributed by atoms with Gasteiger partial charge in [0.25, 0.3) is 0 Å². The van der Waals surface area contributed by atoms with Crippen LogP contribution >= 0.6 is 23.2 Å². The van der Waals surface area contributed by atoms with E-state index in [4.69, 9.17) is 28.3 Å². The molecule has 94 valence electrons. The molecule has 0 spiro atoms. The van der Waals surface area contributed by atoms with E-state index in [0.717, 1.165) is 5.69 Å². The zero-order chi connectivity index (χ0) is 13.1. The van der Waals surface area contributed by atoms with E-state index in [1.807, 2.05) is 0 Å². The maximum Gasteiger partial charge on any atom is 0.333 e. The molecule has 0 atom stereocenters. The second-order valence-electron chi connectivity index (χ2n) is 3.71. The summed E-state index contributed by atoms with van der Waals surface area (Å²) in [6.07, 6.45) is 4.97. The van der Waals surface area contributed by atoms with Gasteiger partial charge in [-0.25, -0.2) is 4.79 Å². The number of nitrogens with one attached hydrogen (secondary N) is 1. The first kappa shape index (κ1) is 12.8. The number of carboxylic acids is 1. The molecule has 0 saturated heterocycles. The molecule has 0 fully saturated rings. The second kappa shape index (κ2) is 5.33. The number of allylic oxidation sites excluding steroid dienone is 2. The SMILES string of the molecule is O=C(O)C1=CC=CN(Nc2ccc(Cl)c(Cl)c2)C1. The average molecular weight is 285 g/mol. The number of hydrazine groups is 1. The van der Waals surface area contributed by atoms with Crippen LogP contribution in [0.3, 0.4) is 0 Å². The minimum atomic E-state index is -0.930. The number of hydrogen-bond acceptors (Lipinski definition) is 3. The highest BCUT2D eigenvalue weighted by Crippen LogP contribution is 2.25. The van der Waals surface area contributed by atoms with Crippen LogP contribution in [0.1, 0.15) is 0 Å². The zero-order valence-corrected chi connectivity index (χ0v) is 10.7. The van der Waals surface area contributed by atoms with Crippen molar-refractivity contribution in [2.24, 2.45) is 0 Å². The van der Waals surface area contributed by atoms with E-state index in [-0.39, 0.29) is 6.54 Å². The minimum Gasteiger partial charge on any atom is -0.478 e. The monoisotopic (exact) mass is 284 g/mol. The largest absolute Gasteiger partial charge is 0.478 e. The van der Waals surface area contributed by atoms with Crippen LogP contribution in [0.2, 0.25) is 10.0 Å². The van der Waals surface area contributed by atoms with Gasteiger partial charge in [-0.2, -0.15) is 0 Å². The first-order valence-electron chi connectivity index (χ1n) is 5.15. The molecule has 2 N–H and O–H groups in total. The summed E-state index contributed by atoms with van der Waals surface area (Å²) >= 11 is 11.7.